The minimum atomic E-state index is 0.517. The van der Waals surface area contributed by atoms with Gasteiger partial charge < -0.3 is 19.7 Å². The van der Waals surface area contributed by atoms with E-state index in [0.717, 1.165) is 55.2 Å². The average Bonchev–Trinajstić information content (AvgIpc) is 3.04. The first-order valence-corrected chi connectivity index (χ1v) is 8.92. The van der Waals surface area contributed by atoms with Crippen LogP contribution in [0.4, 0.5) is 5.69 Å². The van der Waals surface area contributed by atoms with Crippen LogP contribution in [-0.4, -0.2) is 58.3 Å². The van der Waals surface area contributed by atoms with Crippen molar-refractivity contribution in [1.82, 2.24) is 25.0 Å². The molecule has 1 N–H and O–H groups in total. The molecule has 0 radical (unpaired) electrons. The molecule has 1 aromatic heterocycles. The van der Waals surface area contributed by atoms with Crippen molar-refractivity contribution < 1.29 is 0 Å². The smallest absolute Gasteiger partial charge is 0.194 e. The molecule has 8 heteroatoms. The van der Waals surface area contributed by atoms with E-state index in [1.807, 2.05) is 29.8 Å². The van der Waals surface area contributed by atoms with Crippen LogP contribution in [0.5, 0.6) is 0 Å². The fourth-order valence-corrected chi connectivity index (χ4v) is 3.14. The van der Waals surface area contributed by atoms with Gasteiger partial charge in [-0.15, -0.1) is 10.2 Å². The minimum Gasteiger partial charge on any atom is -0.367 e. The van der Waals surface area contributed by atoms with Crippen molar-refractivity contribution in [2.24, 2.45) is 12.0 Å². The Labute approximate surface area is 153 Å². The number of guanidine groups is 1. The third-order valence-electron chi connectivity index (χ3n) is 4.28. The lowest BCUT2D eigenvalue weighted by Gasteiger charge is -2.38. The van der Waals surface area contributed by atoms with Gasteiger partial charge >= 0.3 is 0 Å². The quantitative estimate of drug-likeness (QED) is 0.664. The van der Waals surface area contributed by atoms with Gasteiger partial charge in [0.25, 0.3) is 0 Å². The van der Waals surface area contributed by atoms with E-state index in [1.165, 1.54) is 0 Å². The number of para-hydroxylation sites is 1. The lowest BCUT2D eigenvalue weighted by molar-refractivity contribution is 0.372. The number of aromatic nitrogens is 3. The second-order valence-electron chi connectivity index (χ2n) is 5.95. The zero-order valence-corrected chi connectivity index (χ0v) is 15.4. The summed E-state index contributed by atoms with van der Waals surface area (Å²) >= 11 is 6.32. The molecule has 1 saturated heterocycles. The van der Waals surface area contributed by atoms with E-state index in [9.17, 15) is 0 Å². The summed E-state index contributed by atoms with van der Waals surface area (Å²) in [5.74, 6) is 1.77. The highest BCUT2D eigenvalue weighted by Crippen LogP contribution is 2.26. The first-order chi connectivity index (χ1) is 12.2. The van der Waals surface area contributed by atoms with E-state index >= 15 is 0 Å². The van der Waals surface area contributed by atoms with Gasteiger partial charge in [0.05, 0.1) is 10.7 Å². The van der Waals surface area contributed by atoms with Crippen LogP contribution in [0.1, 0.15) is 12.7 Å². The maximum Gasteiger partial charge on any atom is 0.194 e. The van der Waals surface area contributed by atoms with E-state index < -0.39 is 0 Å². The number of hydrogen-bond acceptors (Lipinski definition) is 4. The largest absolute Gasteiger partial charge is 0.367 e. The molecule has 3 rings (SSSR count). The van der Waals surface area contributed by atoms with Crippen LogP contribution in [-0.2, 0) is 13.6 Å². The number of nitrogens with one attached hydrogen (secondary N) is 1. The standard InChI is InChI=1S/C17H24ClN7/c1-3-19-17(20-12-16-22-21-13-23(16)2)25-10-8-24(9-11-25)15-7-5-4-6-14(15)18/h4-7,13H,3,8-12H2,1-2H3,(H,19,20). The number of anilines is 1. The summed E-state index contributed by atoms with van der Waals surface area (Å²) in [6, 6.07) is 8.01. The van der Waals surface area contributed by atoms with E-state index in [-0.39, 0.29) is 0 Å². The first kappa shape index (κ1) is 17.5. The zero-order chi connectivity index (χ0) is 17.6. The summed E-state index contributed by atoms with van der Waals surface area (Å²) in [4.78, 5) is 9.33. The lowest BCUT2D eigenvalue weighted by Crippen LogP contribution is -2.52. The Bertz CT molecular complexity index is 719. The molecule has 2 heterocycles. The first-order valence-electron chi connectivity index (χ1n) is 8.54. The molecule has 0 atom stereocenters. The summed E-state index contributed by atoms with van der Waals surface area (Å²) in [6.07, 6.45) is 1.69. The van der Waals surface area contributed by atoms with Gasteiger partial charge in [0.15, 0.2) is 11.8 Å². The number of aryl methyl sites for hydroxylation is 1. The molecule has 7 nitrogen and oxygen atoms in total. The van der Waals surface area contributed by atoms with Crippen LogP contribution < -0.4 is 10.2 Å². The maximum absolute atomic E-state index is 6.32. The summed E-state index contributed by atoms with van der Waals surface area (Å²) in [6.45, 7) is 7.06. The molecule has 0 saturated carbocycles. The van der Waals surface area contributed by atoms with Crippen molar-refractivity contribution in [1.29, 1.82) is 0 Å². The van der Waals surface area contributed by atoms with Crippen LogP contribution in [0.2, 0.25) is 5.02 Å². The van der Waals surface area contributed by atoms with Gasteiger partial charge in [-0.25, -0.2) is 4.99 Å². The third kappa shape index (κ3) is 4.22. The van der Waals surface area contributed by atoms with Crippen molar-refractivity contribution in [3.8, 4) is 0 Å². The van der Waals surface area contributed by atoms with Crippen molar-refractivity contribution in [3.63, 3.8) is 0 Å². The predicted octanol–water partition coefficient (Wildman–Crippen LogP) is 1.76. The molecule has 0 aliphatic carbocycles. The van der Waals surface area contributed by atoms with Crippen LogP contribution in [0.3, 0.4) is 0 Å². The SMILES string of the molecule is CCNC(=NCc1nncn1C)N1CCN(c2ccccc2Cl)CC1. The van der Waals surface area contributed by atoms with Gasteiger partial charge in [0, 0.05) is 39.8 Å². The Kier molecular flexibility index (Phi) is 5.75. The monoisotopic (exact) mass is 361 g/mol. The van der Waals surface area contributed by atoms with Crippen LogP contribution in [0.15, 0.2) is 35.6 Å². The molecule has 25 heavy (non-hydrogen) atoms. The van der Waals surface area contributed by atoms with E-state index in [0.29, 0.717) is 6.54 Å². The van der Waals surface area contributed by atoms with Gasteiger partial charge in [0.1, 0.15) is 12.9 Å². The molecule has 0 spiro atoms. The van der Waals surface area contributed by atoms with Gasteiger partial charge in [-0.1, -0.05) is 23.7 Å². The third-order valence-corrected chi connectivity index (χ3v) is 4.60. The molecule has 134 valence electrons. The fraction of sp³-hybridized carbons (Fsp3) is 0.471. The molecular weight excluding hydrogens is 338 g/mol. The van der Waals surface area contributed by atoms with E-state index in [4.69, 9.17) is 16.6 Å². The van der Waals surface area contributed by atoms with Gasteiger partial charge in [0.2, 0.25) is 0 Å². The summed E-state index contributed by atoms with van der Waals surface area (Å²) < 4.78 is 1.89. The highest BCUT2D eigenvalue weighted by Gasteiger charge is 2.21. The summed E-state index contributed by atoms with van der Waals surface area (Å²) in [7, 11) is 1.93. The molecule has 1 aromatic carbocycles. The van der Waals surface area contributed by atoms with Crippen molar-refractivity contribution >= 4 is 23.2 Å². The molecule has 2 aromatic rings. The molecule has 1 aliphatic heterocycles. The zero-order valence-electron chi connectivity index (χ0n) is 14.7. The number of aliphatic imine (C=N–C) groups is 1. The number of rotatable bonds is 4. The highest BCUT2D eigenvalue weighted by atomic mass is 35.5. The second kappa shape index (κ2) is 8.20. The average molecular weight is 362 g/mol. The molecule has 0 unspecified atom stereocenters. The molecular formula is C17H24ClN7. The molecule has 1 fully saturated rings. The number of halogens is 1. The van der Waals surface area contributed by atoms with Crippen molar-refractivity contribution in [2.45, 2.75) is 13.5 Å². The Morgan fingerprint density at radius 2 is 2.00 bits per heavy atom. The molecule has 0 amide bonds. The van der Waals surface area contributed by atoms with Crippen LogP contribution in [0, 0.1) is 0 Å². The lowest BCUT2D eigenvalue weighted by atomic mass is 10.2. The van der Waals surface area contributed by atoms with Crippen LogP contribution >= 0.6 is 11.6 Å². The Hall–Kier alpha value is -2.28. The summed E-state index contributed by atoms with van der Waals surface area (Å²) in [5, 5.41) is 12.2. The number of piperazine rings is 1. The van der Waals surface area contributed by atoms with Gasteiger partial charge in [-0.05, 0) is 19.1 Å². The molecule has 0 bridgehead atoms. The number of benzene rings is 1. The second-order valence-corrected chi connectivity index (χ2v) is 6.36. The Morgan fingerprint density at radius 3 is 2.64 bits per heavy atom. The topological polar surface area (TPSA) is 61.6 Å². The normalized spacial score (nSPS) is 15.6. The van der Waals surface area contributed by atoms with Gasteiger partial charge in [-0.3, -0.25) is 0 Å². The van der Waals surface area contributed by atoms with E-state index in [1.54, 1.807) is 6.33 Å². The highest BCUT2D eigenvalue weighted by molar-refractivity contribution is 6.33. The maximum atomic E-state index is 6.32. The van der Waals surface area contributed by atoms with Crippen molar-refractivity contribution in [2.75, 3.05) is 37.6 Å². The van der Waals surface area contributed by atoms with Crippen LogP contribution in [0.25, 0.3) is 0 Å². The number of hydrogen-bond donors (Lipinski definition) is 1. The van der Waals surface area contributed by atoms with E-state index in [2.05, 4.69) is 38.3 Å². The van der Waals surface area contributed by atoms with Crippen molar-refractivity contribution in [3.05, 3.63) is 41.4 Å². The Morgan fingerprint density at radius 1 is 1.24 bits per heavy atom. The van der Waals surface area contributed by atoms with Gasteiger partial charge in [-0.2, -0.15) is 0 Å². The fourth-order valence-electron chi connectivity index (χ4n) is 2.89. The minimum absolute atomic E-state index is 0.517. The Balaban J connectivity index is 1.64. The molecule has 1 aliphatic rings. The number of nitrogens with zero attached hydrogens (tertiary/aromatic N) is 6. The summed E-state index contributed by atoms with van der Waals surface area (Å²) in [5.41, 5.74) is 1.10. The predicted molar refractivity (Wildman–Crippen MR) is 101 cm³/mol.